The third-order valence-electron chi connectivity index (χ3n) is 6.65. The molecule has 2 heteroatoms. The fourth-order valence-electron chi connectivity index (χ4n) is 4.94. The second-order valence-electron chi connectivity index (χ2n) is 8.73. The Kier molecular flexibility index (Phi) is 5.66. The van der Waals surface area contributed by atoms with Crippen molar-refractivity contribution in [1.82, 2.24) is 0 Å². The molecule has 0 saturated carbocycles. The van der Waals surface area contributed by atoms with E-state index >= 15 is 0 Å². The van der Waals surface area contributed by atoms with Crippen LogP contribution in [0.25, 0.3) is 21.5 Å². The molecule has 33 heavy (non-hydrogen) atoms. The summed E-state index contributed by atoms with van der Waals surface area (Å²) in [6, 6.07) is 37.3. The fraction of sp³-hybridized carbons (Fsp3) is 0.129. The van der Waals surface area contributed by atoms with Crippen LogP contribution in [0.4, 0.5) is 0 Å². The summed E-state index contributed by atoms with van der Waals surface area (Å²) in [4.78, 5) is 12.5. The molecule has 0 aliphatic heterocycles. The quantitative estimate of drug-likeness (QED) is 0.300. The van der Waals surface area contributed by atoms with Crippen molar-refractivity contribution >= 4 is 27.5 Å². The largest absolute Gasteiger partial charge is 0.481 e. The molecular weight excluding hydrogens is 404 g/mol. The average Bonchev–Trinajstić information content (AvgIpc) is 2.85. The standard InChI is InChI=1S/C31H26O2/c1-21-16-18-24(19-17-21)29(31(32)33)20-30(27-14-6-10-22-8-2-4-12-25(22)27)28-15-7-11-23-9-3-5-13-26(23)28/h2-19,29-30H,20H2,1H3,(H,32,33)/t29-/m1/s1. The minimum atomic E-state index is -0.788. The number of aliphatic carboxylic acids is 1. The first kappa shape index (κ1) is 21.0. The fourth-order valence-corrected chi connectivity index (χ4v) is 4.94. The van der Waals surface area contributed by atoms with Crippen molar-refractivity contribution < 1.29 is 9.90 Å². The lowest BCUT2D eigenvalue weighted by Gasteiger charge is -2.25. The Morgan fingerprint density at radius 1 is 0.667 bits per heavy atom. The maximum Gasteiger partial charge on any atom is 0.311 e. The molecule has 0 aliphatic rings. The van der Waals surface area contributed by atoms with Crippen LogP contribution in [-0.2, 0) is 4.79 Å². The average molecular weight is 431 g/mol. The summed E-state index contributed by atoms with van der Waals surface area (Å²) >= 11 is 0. The van der Waals surface area contributed by atoms with Crippen LogP contribution in [0.5, 0.6) is 0 Å². The van der Waals surface area contributed by atoms with E-state index in [0.29, 0.717) is 6.42 Å². The van der Waals surface area contributed by atoms with Crippen molar-refractivity contribution in [3.05, 3.63) is 131 Å². The van der Waals surface area contributed by atoms with Gasteiger partial charge in [-0.2, -0.15) is 0 Å². The molecular formula is C31H26O2. The summed E-state index contributed by atoms with van der Waals surface area (Å²) in [5, 5.41) is 14.9. The third kappa shape index (κ3) is 4.12. The summed E-state index contributed by atoms with van der Waals surface area (Å²) in [6.07, 6.45) is 0.487. The van der Waals surface area contributed by atoms with Crippen molar-refractivity contribution in [3.8, 4) is 0 Å². The van der Waals surface area contributed by atoms with Gasteiger partial charge in [0, 0.05) is 5.92 Å². The van der Waals surface area contributed by atoms with E-state index in [4.69, 9.17) is 0 Å². The van der Waals surface area contributed by atoms with Crippen LogP contribution in [0.3, 0.4) is 0 Å². The molecule has 5 aromatic carbocycles. The Hall–Kier alpha value is -3.91. The van der Waals surface area contributed by atoms with Gasteiger partial charge in [0.2, 0.25) is 0 Å². The molecule has 0 fully saturated rings. The van der Waals surface area contributed by atoms with Crippen molar-refractivity contribution in [2.75, 3.05) is 0 Å². The number of hydrogen-bond donors (Lipinski definition) is 1. The van der Waals surface area contributed by atoms with Crippen molar-refractivity contribution in [1.29, 1.82) is 0 Å². The molecule has 0 bridgehead atoms. The third-order valence-corrected chi connectivity index (χ3v) is 6.65. The molecule has 0 saturated heterocycles. The number of rotatable bonds is 6. The van der Waals surface area contributed by atoms with Crippen LogP contribution in [0.1, 0.15) is 40.5 Å². The Morgan fingerprint density at radius 2 is 1.15 bits per heavy atom. The first-order valence-corrected chi connectivity index (χ1v) is 11.4. The summed E-state index contributed by atoms with van der Waals surface area (Å²) in [5.41, 5.74) is 4.31. The number of carboxylic acids is 1. The van der Waals surface area contributed by atoms with E-state index < -0.39 is 11.9 Å². The molecule has 1 N–H and O–H groups in total. The first-order chi connectivity index (χ1) is 16.1. The Morgan fingerprint density at radius 3 is 1.67 bits per heavy atom. The highest BCUT2D eigenvalue weighted by Gasteiger charge is 2.28. The monoisotopic (exact) mass is 430 g/mol. The van der Waals surface area contributed by atoms with Crippen LogP contribution in [0.15, 0.2) is 109 Å². The molecule has 1 atom stereocenters. The molecule has 2 nitrogen and oxygen atoms in total. The van der Waals surface area contributed by atoms with E-state index in [9.17, 15) is 9.90 Å². The normalized spacial score (nSPS) is 12.3. The van der Waals surface area contributed by atoms with Crippen molar-refractivity contribution in [2.45, 2.75) is 25.2 Å². The zero-order valence-corrected chi connectivity index (χ0v) is 18.6. The topological polar surface area (TPSA) is 37.3 Å². The molecule has 0 amide bonds. The highest BCUT2D eigenvalue weighted by Crippen LogP contribution is 2.41. The summed E-state index contributed by atoms with van der Waals surface area (Å²) in [7, 11) is 0. The lowest BCUT2D eigenvalue weighted by molar-refractivity contribution is -0.139. The Balaban J connectivity index is 1.72. The molecule has 162 valence electrons. The van der Waals surface area contributed by atoms with Gasteiger partial charge in [-0.15, -0.1) is 0 Å². The van der Waals surface area contributed by atoms with Crippen molar-refractivity contribution in [3.63, 3.8) is 0 Å². The van der Waals surface area contributed by atoms with E-state index in [1.54, 1.807) is 0 Å². The van der Waals surface area contributed by atoms with Crippen LogP contribution in [0.2, 0.25) is 0 Å². The summed E-state index contributed by atoms with van der Waals surface area (Å²) in [6.45, 7) is 2.02. The molecule has 0 radical (unpaired) electrons. The van der Waals surface area contributed by atoms with E-state index in [2.05, 4.69) is 72.8 Å². The smallest absolute Gasteiger partial charge is 0.311 e. The first-order valence-electron chi connectivity index (χ1n) is 11.4. The lowest BCUT2D eigenvalue weighted by Crippen LogP contribution is -2.17. The number of carbonyl (C=O) groups is 1. The van der Waals surface area contributed by atoms with E-state index in [-0.39, 0.29) is 5.92 Å². The van der Waals surface area contributed by atoms with Crippen LogP contribution >= 0.6 is 0 Å². The van der Waals surface area contributed by atoms with Gasteiger partial charge in [0.05, 0.1) is 5.92 Å². The van der Waals surface area contributed by atoms with Crippen LogP contribution < -0.4 is 0 Å². The highest BCUT2D eigenvalue weighted by molar-refractivity contribution is 5.90. The zero-order valence-electron chi connectivity index (χ0n) is 18.6. The van der Waals surface area contributed by atoms with Gasteiger partial charge in [-0.25, -0.2) is 0 Å². The lowest BCUT2D eigenvalue weighted by atomic mass is 9.78. The van der Waals surface area contributed by atoms with Gasteiger partial charge in [-0.1, -0.05) is 115 Å². The molecule has 5 aromatic rings. The minimum absolute atomic E-state index is 0.0652. The summed E-state index contributed by atoms with van der Waals surface area (Å²) < 4.78 is 0. The number of hydrogen-bond acceptors (Lipinski definition) is 1. The highest BCUT2D eigenvalue weighted by atomic mass is 16.4. The molecule has 0 heterocycles. The maximum absolute atomic E-state index is 12.5. The van der Waals surface area contributed by atoms with Crippen LogP contribution in [0, 0.1) is 6.92 Å². The van der Waals surface area contributed by atoms with Gasteiger partial charge in [0.1, 0.15) is 0 Å². The van der Waals surface area contributed by atoms with Gasteiger partial charge >= 0.3 is 5.97 Å². The van der Waals surface area contributed by atoms with Gasteiger partial charge in [0.25, 0.3) is 0 Å². The van der Waals surface area contributed by atoms with Gasteiger partial charge in [-0.3, -0.25) is 4.79 Å². The molecule has 0 aliphatic carbocycles. The minimum Gasteiger partial charge on any atom is -0.481 e. The molecule has 0 unspecified atom stereocenters. The van der Waals surface area contributed by atoms with Crippen molar-refractivity contribution in [2.24, 2.45) is 0 Å². The predicted molar refractivity (Wildman–Crippen MR) is 136 cm³/mol. The predicted octanol–water partition coefficient (Wildman–Crippen LogP) is 7.69. The van der Waals surface area contributed by atoms with Gasteiger partial charge < -0.3 is 5.11 Å². The second-order valence-corrected chi connectivity index (χ2v) is 8.73. The number of fused-ring (bicyclic) bond motifs is 2. The molecule has 0 spiro atoms. The molecule has 5 rings (SSSR count). The van der Waals surface area contributed by atoms with Crippen LogP contribution in [-0.4, -0.2) is 11.1 Å². The van der Waals surface area contributed by atoms with E-state index in [1.165, 1.54) is 32.7 Å². The van der Waals surface area contributed by atoms with E-state index in [0.717, 1.165) is 11.1 Å². The second kappa shape index (κ2) is 8.91. The molecule has 0 aromatic heterocycles. The van der Waals surface area contributed by atoms with E-state index in [1.807, 2.05) is 43.3 Å². The maximum atomic E-state index is 12.5. The Labute approximate surface area is 194 Å². The number of benzene rings is 5. The number of carboxylic acid groups (broad SMARTS) is 1. The van der Waals surface area contributed by atoms with Gasteiger partial charge in [-0.05, 0) is 51.6 Å². The zero-order chi connectivity index (χ0) is 22.8. The summed E-state index contributed by atoms with van der Waals surface area (Å²) in [5.74, 6) is -1.46. The SMILES string of the molecule is Cc1ccc([C@@H](CC(c2cccc3ccccc23)c2cccc3ccccc23)C(=O)O)cc1. The van der Waals surface area contributed by atoms with Gasteiger partial charge in [0.15, 0.2) is 0 Å². The number of aryl methyl sites for hydroxylation is 1. The Bertz CT molecular complexity index is 1340.